The summed E-state index contributed by atoms with van der Waals surface area (Å²) in [4.78, 5) is 38.0. The van der Waals surface area contributed by atoms with E-state index >= 15 is 0 Å². The van der Waals surface area contributed by atoms with Crippen LogP contribution in [0.2, 0.25) is 0 Å². The SMILES string of the molecule is CC/C=C\C/C=C\C/C=C\C/C=C\CCC(=O)OCC(COC(=O)CCCCCCCC/C=C\C/C=C\C/C=C\CCCCCCC)OC(=O)CCCCCCCCCCCCCCCC. The lowest BCUT2D eigenvalue weighted by molar-refractivity contribution is -0.166. The Kier molecular flexibility index (Phi) is 51.4. The summed E-state index contributed by atoms with van der Waals surface area (Å²) in [5.41, 5.74) is 0. The van der Waals surface area contributed by atoms with Gasteiger partial charge in [0.2, 0.25) is 0 Å². The summed E-state index contributed by atoms with van der Waals surface area (Å²) in [6, 6.07) is 0. The van der Waals surface area contributed by atoms with Gasteiger partial charge in [-0.15, -0.1) is 0 Å². The van der Waals surface area contributed by atoms with Gasteiger partial charge in [-0.3, -0.25) is 14.4 Å². The molecule has 0 N–H and O–H groups in total. The first-order valence-corrected chi connectivity index (χ1v) is 27.6. The van der Waals surface area contributed by atoms with E-state index in [9.17, 15) is 14.4 Å². The van der Waals surface area contributed by atoms with E-state index in [-0.39, 0.29) is 37.5 Å². The largest absolute Gasteiger partial charge is 0.462 e. The van der Waals surface area contributed by atoms with E-state index in [1.165, 1.54) is 128 Å². The van der Waals surface area contributed by atoms with E-state index < -0.39 is 6.10 Å². The van der Waals surface area contributed by atoms with Gasteiger partial charge in [0.25, 0.3) is 0 Å². The summed E-state index contributed by atoms with van der Waals surface area (Å²) in [6.07, 6.45) is 70.1. The van der Waals surface area contributed by atoms with Gasteiger partial charge in [0.15, 0.2) is 6.10 Å². The van der Waals surface area contributed by atoms with E-state index in [1.807, 2.05) is 6.08 Å². The molecule has 0 aromatic rings. The number of carbonyl (C=O) groups excluding carboxylic acids is 3. The number of rotatable bonds is 49. The Labute approximate surface area is 407 Å². The van der Waals surface area contributed by atoms with Crippen molar-refractivity contribution in [2.45, 2.75) is 264 Å². The van der Waals surface area contributed by atoms with Crippen LogP contribution in [-0.2, 0) is 28.6 Å². The van der Waals surface area contributed by atoms with Gasteiger partial charge >= 0.3 is 17.9 Å². The molecule has 0 fully saturated rings. The van der Waals surface area contributed by atoms with Gasteiger partial charge in [0, 0.05) is 19.3 Å². The molecule has 6 nitrogen and oxygen atoms in total. The third-order valence-electron chi connectivity index (χ3n) is 11.6. The molecule has 6 heteroatoms. The van der Waals surface area contributed by atoms with Crippen molar-refractivity contribution >= 4 is 17.9 Å². The predicted octanol–water partition coefficient (Wildman–Crippen LogP) is 18.4. The Morgan fingerprint density at radius 1 is 0.318 bits per heavy atom. The van der Waals surface area contributed by atoms with E-state index in [4.69, 9.17) is 14.2 Å². The number of allylic oxidation sites excluding steroid dienone is 14. The maximum Gasteiger partial charge on any atom is 0.306 e. The Bertz CT molecular complexity index is 1290. The Morgan fingerprint density at radius 3 is 1.02 bits per heavy atom. The molecule has 0 radical (unpaired) electrons. The molecular weight excluding hydrogens is 817 g/mol. The van der Waals surface area contributed by atoms with E-state index in [0.29, 0.717) is 19.3 Å². The van der Waals surface area contributed by atoms with Crippen LogP contribution in [0.5, 0.6) is 0 Å². The van der Waals surface area contributed by atoms with Crippen LogP contribution in [0.25, 0.3) is 0 Å². The topological polar surface area (TPSA) is 78.9 Å². The van der Waals surface area contributed by atoms with Crippen LogP contribution in [0.4, 0.5) is 0 Å². The van der Waals surface area contributed by atoms with Gasteiger partial charge in [-0.2, -0.15) is 0 Å². The maximum atomic E-state index is 12.8. The molecule has 0 spiro atoms. The minimum absolute atomic E-state index is 0.104. The number of hydrogen-bond donors (Lipinski definition) is 0. The lowest BCUT2D eigenvalue weighted by Gasteiger charge is -2.18. The predicted molar refractivity (Wildman–Crippen MR) is 284 cm³/mol. The third-order valence-corrected chi connectivity index (χ3v) is 11.6. The van der Waals surface area contributed by atoms with Crippen molar-refractivity contribution in [2.24, 2.45) is 0 Å². The molecule has 0 aromatic heterocycles. The number of hydrogen-bond acceptors (Lipinski definition) is 6. The van der Waals surface area contributed by atoms with Gasteiger partial charge in [-0.1, -0.05) is 241 Å². The van der Waals surface area contributed by atoms with Crippen LogP contribution in [0, 0.1) is 0 Å². The van der Waals surface area contributed by atoms with Crippen molar-refractivity contribution in [3.05, 3.63) is 85.1 Å². The molecule has 1 unspecified atom stereocenters. The lowest BCUT2D eigenvalue weighted by Crippen LogP contribution is -2.30. The molecule has 0 saturated carbocycles. The molecule has 1 atom stereocenters. The van der Waals surface area contributed by atoms with Gasteiger partial charge in [-0.05, 0) is 83.5 Å². The average Bonchev–Trinajstić information content (AvgIpc) is 3.31. The second kappa shape index (κ2) is 54.2. The summed E-state index contributed by atoms with van der Waals surface area (Å²) >= 11 is 0. The van der Waals surface area contributed by atoms with Crippen molar-refractivity contribution in [2.75, 3.05) is 13.2 Å². The second-order valence-corrected chi connectivity index (χ2v) is 18.1. The second-order valence-electron chi connectivity index (χ2n) is 18.1. The van der Waals surface area contributed by atoms with Crippen LogP contribution in [0.1, 0.15) is 258 Å². The fraction of sp³-hybridized carbons (Fsp3) is 0.717. The normalized spacial score (nSPS) is 12.7. The number of unbranched alkanes of at least 4 members (excludes halogenated alkanes) is 24. The summed E-state index contributed by atoms with van der Waals surface area (Å²) in [7, 11) is 0. The first-order chi connectivity index (χ1) is 32.5. The molecule has 0 aliphatic rings. The van der Waals surface area contributed by atoms with Crippen LogP contribution < -0.4 is 0 Å². The van der Waals surface area contributed by atoms with E-state index in [0.717, 1.165) is 83.5 Å². The molecule has 378 valence electrons. The third kappa shape index (κ3) is 51.6. The summed E-state index contributed by atoms with van der Waals surface area (Å²) in [5, 5.41) is 0. The smallest absolute Gasteiger partial charge is 0.306 e. The van der Waals surface area contributed by atoms with Gasteiger partial charge in [0.1, 0.15) is 13.2 Å². The molecular formula is C60H102O6. The minimum atomic E-state index is -0.809. The number of carbonyl (C=O) groups is 3. The van der Waals surface area contributed by atoms with Crippen molar-refractivity contribution in [1.29, 1.82) is 0 Å². The molecule has 0 amide bonds. The molecule has 0 bridgehead atoms. The molecule has 0 aromatic carbocycles. The Balaban J connectivity index is 4.43. The molecule has 0 heterocycles. The zero-order valence-corrected chi connectivity index (χ0v) is 43.2. The Hall–Kier alpha value is -3.41. The first-order valence-electron chi connectivity index (χ1n) is 27.6. The highest BCUT2D eigenvalue weighted by Crippen LogP contribution is 2.15. The first kappa shape index (κ1) is 62.6. The van der Waals surface area contributed by atoms with Crippen LogP contribution >= 0.6 is 0 Å². The van der Waals surface area contributed by atoms with Crippen molar-refractivity contribution < 1.29 is 28.6 Å². The zero-order chi connectivity index (χ0) is 47.9. The molecule has 0 aliphatic heterocycles. The minimum Gasteiger partial charge on any atom is -0.462 e. The highest BCUT2D eigenvalue weighted by Gasteiger charge is 2.19. The fourth-order valence-corrected chi connectivity index (χ4v) is 7.52. The molecule has 0 rings (SSSR count). The highest BCUT2D eigenvalue weighted by molar-refractivity contribution is 5.71. The van der Waals surface area contributed by atoms with E-state index in [2.05, 4.69) is 99.8 Å². The van der Waals surface area contributed by atoms with Crippen molar-refractivity contribution in [3.63, 3.8) is 0 Å². The van der Waals surface area contributed by atoms with Crippen molar-refractivity contribution in [3.8, 4) is 0 Å². The summed E-state index contributed by atoms with van der Waals surface area (Å²) in [6.45, 7) is 6.44. The number of ether oxygens (including phenoxy) is 3. The van der Waals surface area contributed by atoms with Crippen LogP contribution in [0.3, 0.4) is 0 Å². The van der Waals surface area contributed by atoms with Gasteiger partial charge in [-0.25, -0.2) is 0 Å². The standard InChI is InChI=1S/C60H102O6/c1-4-7-10-13-16-19-22-25-27-28-29-30-31-32-33-36-38-41-44-47-50-53-59(62)65-56-57(55-64-58(61)52-49-46-43-40-37-34-24-21-18-15-12-9-6-3)66-60(63)54-51-48-45-42-39-35-26-23-20-17-14-11-8-5-2/h9,12,18,21-22,25,28-29,31-32,34,37,43,46,57H,4-8,10-11,13-17,19-20,23-24,26-27,30,33,35-36,38-42,44-45,47-56H2,1-3H3/b12-9-,21-18-,25-22-,29-28-,32-31-,37-34-,46-43-. The molecule has 0 saturated heterocycles. The number of esters is 3. The molecule has 66 heavy (non-hydrogen) atoms. The van der Waals surface area contributed by atoms with Gasteiger partial charge < -0.3 is 14.2 Å². The quantitative estimate of drug-likeness (QED) is 0.0262. The summed E-state index contributed by atoms with van der Waals surface area (Å²) < 4.78 is 16.7. The monoisotopic (exact) mass is 919 g/mol. The highest BCUT2D eigenvalue weighted by atomic mass is 16.6. The zero-order valence-electron chi connectivity index (χ0n) is 43.2. The lowest BCUT2D eigenvalue weighted by atomic mass is 10.0. The fourth-order valence-electron chi connectivity index (χ4n) is 7.52. The van der Waals surface area contributed by atoms with E-state index in [1.54, 1.807) is 0 Å². The summed E-state index contributed by atoms with van der Waals surface area (Å²) in [5.74, 6) is -0.996. The Morgan fingerprint density at radius 2 is 0.621 bits per heavy atom. The molecule has 0 aliphatic carbocycles. The maximum absolute atomic E-state index is 12.8. The average molecular weight is 919 g/mol. The van der Waals surface area contributed by atoms with Gasteiger partial charge in [0.05, 0.1) is 0 Å². The van der Waals surface area contributed by atoms with Crippen LogP contribution in [-0.4, -0.2) is 37.2 Å². The van der Waals surface area contributed by atoms with Crippen molar-refractivity contribution in [1.82, 2.24) is 0 Å². The van der Waals surface area contributed by atoms with Crippen LogP contribution in [0.15, 0.2) is 85.1 Å².